The van der Waals surface area contributed by atoms with Gasteiger partial charge in [0.25, 0.3) is 11.8 Å². The molecule has 3 aromatic rings. The number of aryl methyl sites for hydroxylation is 1. The van der Waals surface area contributed by atoms with E-state index in [1.54, 1.807) is 31.5 Å². The number of hydrogen-bond acceptors (Lipinski definition) is 5. The van der Waals surface area contributed by atoms with E-state index in [0.717, 1.165) is 18.4 Å². The lowest BCUT2D eigenvalue weighted by Gasteiger charge is -2.32. The van der Waals surface area contributed by atoms with Gasteiger partial charge in [-0.15, -0.1) is 0 Å². The summed E-state index contributed by atoms with van der Waals surface area (Å²) in [5.74, 6) is 1.11. The minimum absolute atomic E-state index is 0.00259. The van der Waals surface area contributed by atoms with E-state index in [1.165, 1.54) is 5.56 Å². The Morgan fingerprint density at radius 1 is 1.11 bits per heavy atom. The van der Waals surface area contributed by atoms with E-state index in [-0.39, 0.29) is 11.8 Å². The van der Waals surface area contributed by atoms with Gasteiger partial charge in [0.1, 0.15) is 5.75 Å². The largest absolute Gasteiger partial charge is 0.493 e. The fraction of sp³-hybridized carbons (Fsp3) is 0.321. The van der Waals surface area contributed by atoms with E-state index in [1.807, 2.05) is 49.1 Å². The van der Waals surface area contributed by atoms with Gasteiger partial charge in [-0.1, -0.05) is 23.7 Å². The van der Waals surface area contributed by atoms with Crippen LogP contribution in [0.5, 0.6) is 11.6 Å². The Kier molecular flexibility index (Phi) is 8.10. The maximum atomic E-state index is 12.9. The van der Waals surface area contributed by atoms with Gasteiger partial charge in [0.05, 0.1) is 24.8 Å². The van der Waals surface area contributed by atoms with Crippen LogP contribution in [0.4, 0.5) is 5.69 Å². The smallest absolute Gasteiger partial charge is 0.259 e. The summed E-state index contributed by atoms with van der Waals surface area (Å²) in [5.41, 5.74) is 3.71. The lowest BCUT2D eigenvalue weighted by Crippen LogP contribution is -2.38. The quantitative estimate of drug-likeness (QED) is 0.442. The van der Waals surface area contributed by atoms with Gasteiger partial charge in [-0.05, 0) is 74.6 Å². The number of pyridine rings is 1. The number of nitrogens with one attached hydrogen (secondary N) is 1. The predicted octanol–water partition coefficient (Wildman–Crippen LogP) is 5.72. The number of aromatic nitrogens is 1. The maximum Gasteiger partial charge on any atom is 0.259 e. The Hall–Kier alpha value is -3.58. The van der Waals surface area contributed by atoms with Crippen LogP contribution in [0.15, 0.2) is 54.7 Å². The van der Waals surface area contributed by atoms with Gasteiger partial charge < -0.3 is 19.7 Å². The topological polar surface area (TPSA) is 80.8 Å². The average Bonchev–Trinajstić information content (AvgIpc) is 2.90. The fourth-order valence-corrected chi connectivity index (χ4v) is 4.66. The third kappa shape index (κ3) is 5.79. The van der Waals surface area contributed by atoms with Gasteiger partial charge >= 0.3 is 0 Å². The molecule has 2 heterocycles. The molecule has 36 heavy (non-hydrogen) atoms. The SMILES string of the molecule is CCOc1ccc(Cl)cc1C(=O)Nc1ccc(C2CCN(C(=O)c3cnc(OC)c(C)c3)CC2)cc1. The third-order valence-corrected chi connectivity index (χ3v) is 6.61. The van der Waals surface area contributed by atoms with E-state index < -0.39 is 0 Å². The van der Waals surface area contributed by atoms with Crippen LogP contribution >= 0.6 is 11.6 Å². The van der Waals surface area contributed by atoms with E-state index in [4.69, 9.17) is 21.1 Å². The first kappa shape index (κ1) is 25.5. The Morgan fingerprint density at radius 2 is 1.83 bits per heavy atom. The van der Waals surface area contributed by atoms with Crippen LogP contribution in [-0.4, -0.2) is 48.5 Å². The van der Waals surface area contributed by atoms with Gasteiger partial charge in [-0.25, -0.2) is 4.98 Å². The number of halogens is 1. The zero-order valence-electron chi connectivity index (χ0n) is 20.7. The standard InChI is InChI=1S/C28H30ClN3O4/c1-4-36-25-10-7-22(29)16-24(25)26(33)31-23-8-5-19(6-9-23)20-11-13-32(14-12-20)28(34)21-15-18(2)27(35-3)30-17-21/h5-10,15-17,20H,4,11-14H2,1-3H3,(H,31,33). The molecule has 1 aromatic heterocycles. The second-order valence-electron chi connectivity index (χ2n) is 8.77. The van der Waals surface area contributed by atoms with Crippen molar-refractivity contribution in [2.24, 2.45) is 0 Å². The minimum atomic E-state index is -0.274. The minimum Gasteiger partial charge on any atom is -0.493 e. The van der Waals surface area contributed by atoms with Crippen molar-refractivity contribution in [2.75, 3.05) is 32.1 Å². The molecule has 2 aromatic carbocycles. The number of nitrogens with zero attached hydrogens (tertiary/aromatic N) is 2. The summed E-state index contributed by atoms with van der Waals surface area (Å²) in [4.78, 5) is 31.9. The third-order valence-electron chi connectivity index (χ3n) is 6.38. The molecule has 0 bridgehead atoms. The number of likely N-dealkylation sites (tertiary alicyclic amines) is 1. The molecule has 1 aliphatic heterocycles. The highest BCUT2D eigenvalue weighted by Crippen LogP contribution is 2.30. The molecule has 0 unspecified atom stereocenters. The van der Waals surface area contributed by atoms with Crippen molar-refractivity contribution in [2.45, 2.75) is 32.6 Å². The molecular weight excluding hydrogens is 478 g/mol. The number of hydrogen-bond donors (Lipinski definition) is 1. The zero-order valence-corrected chi connectivity index (χ0v) is 21.5. The van der Waals surface area contributed by atoms with Crippen molar-refractivity contribution < 1.29 is 19.1 Å². The van der Waals surface area contributed by atoms with Gasteiger partial charge in [0.2, 0.25) is 5.88 Å². The normalized spacial score (nSPS) is 13.8. The first-order valence-corrected chi connectivity index (χ1v) is 12.4. The number of rotatable bonds is 7. The molecule has 0 atom stereocenters. The van der Waals surface area contributed by atoms with Gasteiger partial charge in [0, 0.05) is 35.6 Å². The lowest BCUT2D eigenvalue weighted by molar-refractivity contribution is 0.0712. The molecular formula is C28H30ClN3O4. The molecule has 188 valence electrons. The second kappa shape index (κ2) is 11.4. The van der Waals surface area contributed by atoms with E-state index in [9.17, 15) is 9.59 Å². The summed E-state index contributed by atoms with van der Waals surface area (Å²) >= 11 is 6.09. The summed E-state index contributed by atoms with van der Waals surface area (Å²) in [6.07, 6.45) is 3.33. The number of amides is 2. The summed E-state index contributed by atoms with van der Waals surface area (Å²) < 4.78 is 10.8. The highest BCUT2D eigenvalue weighted by atomic mass is 35.5. The Bertz CT molecular complexity index is 1240. The van der Waals surface area contributed by atoms with Gasteiger partial charge in [0.15, 0.2) is 0 Å². The van der Waals surface area contributed by atoms with E-state index in [0.29, 0.717) is 59.1 Å². The second-order valence-corrected chi connectivity index (χ2v) is 9.20. The molecule has 8 heteroatoms. The fourth-order valence-electron chi connectivity index (χ4n) is 4.49. The lowest BCUT2D eigenvalue weighted by atomic mass is 9.89. The summed E-state index contributed by atoms with van der Waals surface area (Å²) in [5, 5.41) is 3.40. The van der Waals surface area contributed by atoms with Gasteiger partial charge in [-0.3, -0.25) is 9.59 Å². The predicted molar refractivity (Wildman–Crippen MR) is 140 cm³/mol. The van der Waals surface area contributed by atoms with Gasteiger partial charge in [-0.2, -0.15) is 0 Å². The number of ether oxygens (including phenoxy) is 2. The Labute approximate surface area is 216 Å². The van der Waals surface area contributed by atoms with Crippen LogP contribution in [-0.2, 0) is 0 Å². The average molecular weight is 508 g/mol. The number of carbonyl (C=O) groups is 2. The van der Waals surface area contributed by atoms with Crippen molar-refractivity contribution in [3.8, 4) is 11.6 Å². The maximum absolute atomic E-state index is 12.9. The zero-order chi connectivity index (χ0) is 25.7. The van der Waals surface area contributed by atoms with Crippen molar-refractivity contribution in [3.05, 3.63) is 82.0 Å². The van der Waals surface area contributed by atoms with Crippen LogP contribution in [0.3, 0.4) is 0 Å². The first-order chi connectivity index (χ1) is 17.4. The van der Waals surface area contributed by atoms with Crippen LogP contribution in [0.2, 0.25) is 5.02 Å². The van der Waals surface area contributed by atoms with Crippen LogP contribution in [0, 0.1) is 6.92 Å². The first-order valence-electron chi connectivity index (χ1n) is 12.0. The van der Waals surface area contributed by atoms with Crippen molar-refractivity contribution >= 4 is 29.1 Å². The highest BCUT2D eigenvalue weighted by Gasteiger charge is 2.25. The Balaban J connectivity index is 1.35. The number of benzene rings is 2. The molecule has 1 fully saturated rings. The number of anilines is 1. The Morgan fingerprint density at radius 3 is 2.47 bits per heavy atom. The van der Waals surface area contributed by atoms with Crippen molar-refractivity contribution in [1.82, 2.24) is 9.88 Å². The number of piperidine rings is 1. The van der Waals surface area contributed by atoms with E-state index >= 15 is 0 Å². The molecule has 0 radical (unpaired) electrons. The molecule has 2 amide bonds. The molecule has 0 aliphatic carbocycles. The molecule has 0 spiro atoms. The molecule has 1 N–H and O–H groups in total. The van der Waals surface area contributed by atoms with Crippen LogP contribution < -0.4 is 14.8 Å². The molecule has 1 aliphatic rings. The number of carbonyl (C=O) groups excluding carboxylic acids is 2. The van der Waals surface area contributed by atoms with Crippen molar-refractivity contribution in [1.29, 1.82) is 0 Å². The van der Waals surface area contributed by atoms with E-state index in [2.05, 4.69) is 10.3 Å². The monoisotopic (exact) mass is 507 g/mol. The number of methoxy groups -OCH3 is 1. The van der Waals surface area contributed by atoms with Crippen LogP contribution in [0.1, 0.15) is 57.5 Å². The molecule has 7 nitrogen and oxygen atoms in total. The molecule has 4 rings (SSSR count). The van der Waals surface area contributed by atoms with Crippen molar-refractivity contribution in [3.63, 3.8) is 0 Å². The molecule has 1 saturated heterocycles. The summed E-state index contributed by atoms with van der Waals surface area (Å²) in [7, 11) is 1.57. The highest BCUT2D eigenvalue weighted by molar-refractivity contribution is 6.31. The van der Waals surface area contributed by atoms with Crippen LogP contribution in [0.25, 0.3) is 0 Å². The molecule has 0 saturated carbocycles. The summed E-state index contributed by atoms with van der Waals surface area (Å²) in [6, 6.07) is 14.7. The summed E-state index contributed by atoms with van der Waals surface area (Å²) in [6.45, 7) is 5.57.